The van der Waals surface area contributed by atoms with Crippen LogP contribution < -0.4 is 10.2 Å². The molecule has 3 amide bonds. The second-order valence-electron chi connectivity index (χ2n) is 8.73. The summed E-state index contributed by atoms with van der Waals surface area (Å²) in [5.74, 6) is -1.59. The number of nitrogens with zero attached hydrogens (tertiary/aromatic N) is 2. The number of carbonyl (C=O) groups excluding carboxylic acids is 3. The first-order valence-electron chi connectivity index (χ1n) is 11.6. The van der Waals surface area contributed by atoms with E-state index in [0.717, 1.165) is 6.07 Å². The first kappa shape index (κ1) is 23.7. The van der Waals surface area contributed by atoms with Crippen molar-refractivity contribution in [1.29, 1.82) is 0 Å². The number of para-hydroxylation sites is 1. The zero-order valence-electron chi connectivity index (χ0n) is 19.4. The second kappa shape index (κ2) is 8.85. The summed E-state index contributed by atoms with van der Waals surface area (Å²) in [4.78, 5) is 44.4. The molecule has 3 aromatic rings. The average molecular weight is 496 g/mol. The van der Waals surface area contributed by atoms with Crippen LogP contribution in [0.15, 0.2) is 48.7 Å². The molecule has 1 fully saturated rings. The van der Waals surface area contributed by atoms with Crippen molar-refractivity contribution in [2.45, 2.75) is 19.5 Å². The molecule has 186 valence electrons. The molecule has 0 unspecified atom stereocenters. The van der Waals surface area contributed by atoms with Crippen molar-refractivity contribution in [2.24, 2.45) is 0 Å². The number of aromatic nitrogens is 1. The Kier molecular flexibility index (Phi) is 5.82. The third-order valence-corrected chi connectivity index (χ3v) is 6.67. The first-order valence-corrected chi connectivity index (χ1v) is 11.6. The quantitative estimate of drug-likeness (QED) is 0.538. The van der Waals surface area contributed by atoms with Crippen molar-refractivity contribution in [3.63, 3.8) is 0 Å². The van der Waals surface area contributed by atoms with Crippen LogP contribution in [0.4, 0.5) is 18.9 Å². The van der Waals surface area contributed by atoms with Gasteiger partial charge in [0.15, 0.2) is 0 Å². The summed E-state index contributed by atoms with van der Waals surface area (Å²) in [5, 5.41) is 2.80. The number of anilines is 1. The molecule has 3 heterocycles. The first-order chi connectivity index (χ1) is 17.2. The molecule has 2 N–H and O–H groups in total. The molecule has 36 heavy (non-hydrogen) atoms. The van der Waals surface area contributed by atoms with Gasteiger partial charge >= 0.3 is 6.18 Å². The number of piperazine rings is 1. The molecule has 2 aromatic carbocycles. The summed E-state index contributed by atoms with van der Waals surface area (Å²) in [6.07, 6.45) is -2.83. The highest BCUT2D eigenvalue weighted by molar-refractivity contribution is 6.50. The van der Waals surface area contributed by atoms with Gasteiger partial charge < -0.3 is 14.8 Å². The largest absolute Gasteiger partial charge is 0.417 e. The van der Waals surface area contributed by atoms with Crippen LogP contribution in [0.1, 0.15) is 30.0 Å². The Morgan fingerprint density at radius 2 is 1.61 bits per heavy atom. The van der Waals surface area contributed by atoms with Crippen LogP contribution in [-0.4, -0.2) is 53.8 Å². The lowest BCUT2D eigenvalue weighted by Gasteiger charge is -2.36. The molecule has 0 bridgehead atoms. The van der Waals surface area contributed by atoms with Gasteiger partial charge in [0.25, 0.3) is 11.8 Å². The number of hydrogen-bond acceptors (Lipinski definition) is 4. The Labute approximate surface area is 204 Å². The summed E-state index contributed by atoms with van der Waals surface area (Å²) >= 11 is 0. The molecule has 0 radical (unpaired) electrons. The minimum Gasteiger partial charge on any atom is -0.368 e. The smallest absolute Gasteiger partial charge is 0.368 e. The average Bonchev–Trinajstić information content (AvgIpc) is 3.42. The predicted octanol–water partition coefficient (Wildman–Crippen LogP) is 3.81. The molecule has 0 spiro atoms. The standard InChI is InChI=1S/C26H23F3N4O3/c1-2-21(34)33-11-9-32(10-12-33)15-7-8-19(26(27,28)29)17(13-15)22-23(25(36)31-24(22)35)18-14-30-20-6-4-3-5-16(18)20/h3-8,13-14,30H,2,9-12H2,1H3,(H,31,35,36). The van der Waals surface area contributed by atoms with Gasteiger partial charge in [0.05, 0.1) is 16.7 Å². The number of alkyl halides is 3. The number of rotatable bonds is 4. The van der Waals surface area contributed by atoms with Gasteiger partial charge in [-0.1, -0.05) is 25.1 Å². The van der Waals surface area contributed by atoms with Crippen molar-refractivity contribution in [3.05, 3.63) is 65.4 Å². The topological polar surface area (TPSA) is 85.5 Å². The van der Waals surface area contributed by atoms with Gasteiger partial charge in [0.2, 0.25) is 5.91 Å². The number of fused-ring (bicyclic) bond motifs is 1. The molecule has 1 aromatic heterocycles. The summed E-state index contributed by atoms with van der Waals surface area (Å²) < 4.78 is 42.3. The highest BCUT2D eigenvalue weighted by Crippen LogP contribution is 2.42. The van der Waals surface area contributed by atoms with Gasteiger partial charge in [-0.15, -0.1) is 0 Å². The predicted molar refractivity (Wildman–Crippen MR) is 129 cm³/mol. The van der Waals surface area contributed by atoms with Gasteiger partial charge in [0.1, 0.15) is 0 Å². The van der Waals surface area contributed by atoms with Crippen molar-refractivity contribution in [3.8, 4) is 0 Å². The van der Waals surface area contributed by atoms with E-state index in [-0.39, 0.29) is 22.6 Å². The number of benzene rings is 2. The van der Waals surface area contributed by atoms with Crippen LogP contribution in [-0.2, 0) is 20.6 Å². The fourth-order valence-corrected chi connectivity index (χ4v) is 4.87. The summed E-state index contributed by atoms with van der Waals surface area (Å²) in [6, 6.07) is 10.7. The van der Waals surface area contributed by atoms with E-state index in [2.05, 4.69) is 10.3 Å². The summed E-state index contributed by atoms with van der Waals surface area (Å²) in [7, 11) is 0. The van der Waals surface area contributed by atoms with E-state index >= 15 is 0 Å². The SMILES string of the molecule is CCC(=O)N1CCN(c2ccc(C(F)(F)F)c(C3=C(c4c[nH]c5ccccc45)C(=O)NC3=O)c2)CC1. The number of halogens is 3. The fourth-order valence-electron chi connectivity index (χ4n) is 4.87. The van der Waals surface area contributed by atoms with Gasteiger partial charge in [0, 0.05) is 66.5 Å². The Hall–Kier alpha value is -4.08. The maximum atomic E-state index is 14.1. The van der Waals surface area contributed by atoms with Crippen LogP contribution in [0, 0.1) is 0 Å². The highest BCUT2D eigenvalue weighted by atomic mass is 19.4. The van der Waals surface area contributed by atoms with Crippen molar-refractivity contribution in [2.75, 3.05) is 31.1 Å². The molecule has 2 aliphatic heterocycles. The molecule has 2 aliphatic rings. The molecule has 7 nitrogen and oxygen atoms in total. The maximum absolute atomic E-state index is 14.1. The molecule has 0 saturated carbocycles. The van der Waals surface area contributed by atoms with Crippen molar-refractivity contribution in [1.82, 2.24) is 15.2 Å². The van der Waals surface area contributed by atoms with Gasteiger partial charge in [-0.3, -0.25) is 19.7 Å². The lowest BCUT2D eigenvalue weighted by Crippen LogP contribution is -2.48. The monoisotopic (exact) mass is 496 g/mol. The number of imide groups is 1. The summed E-state index contributed by atoms with van der Waals surface area (Å²) in [6.45, 7) is 3.56. The van der Waals surface area contributed by atoms with Crippen LogP contribution in [0.3, 0.4) is 0 Å². The molecule has 1 saturated heterocycles. The number of carbonyl (C=O) groups is 3. The lowest BCUT2D eigenvalue weighted by molar-refractivity contribution is -0.137. The minimum absolute atomic E-state index is 0.0254. The van der Waals surface area contributed by atoms with E-state index in [1.807, 2.05) is 4.90 Å². The van der Waals surface area contributed by atoms with Gasteiger partial charge in [-0.25, -0.2) is 0 Å². The second-order valence-corrected chi connectivity index (χ2v) is 8.73. The number of H-pyrrole nitrogens is 1. The van der Waals surface area contributed by atoms with Crippen LogP contribution in [0.25, 0.3) is 22.0 Å². The third-order valence-electron chi connectivity index (χ3n) is 6.67. The number of amides is 3. The summed E-state index contributed by atoms with van der Waals surface area (Å²) in [5.41, 5.74) is -0.222. The van der Waals surface area contributed by atoms with E-state index in [9.17, 15) is 27.6 Å². The van der Waals surface area contributed by atoms with Crippen molar-refractivity contribution >= 4 is 45.5 Å². The van der Waals surface area contributed by atoms with Crippen LogP contribution in [0.2, 0.25) is 0 Å². The van der Waals surface area contributed by atoms with E-state index in [0.29, 0.717) is 54.8 Å². The molecule has 5 rings (SSSR count). The number of aromatic amines is 1. The Morgan fingerprint density at radius 3 is 2.28 bits per heavy atom. The molecule has 0 aliphatic carbocycles. The number of hydrogen-bond donors (Lipinski definition) is 2. The van der Waals surface area contributed by atoms with Gasteiger partial charge in [-0.05, 0) is 24.3 Å². The maximum Gasteiger partial charge on any atom is 0.417 e. The highest BCUT2D eigenvalue weighted by Gasteiger charge is 2.40. The van der Waals surface area contributed by atoms with E-state index in [4.69, 9.17) is 0 Å². The molecular formula is C26H23F3N4O3. The molecule has 0 atom stereocenters. The zero-order chi connectivity index (χ0) is 25.6. The lowest BCUT2D eigenvalue weighted by atomic mass is 9.92. The zero-order valence-corrected chi connectivity index (χ0v) is 19.4. The van der Waals surface area contributed by atoms with E-state index in [1.165, 1.54) is 18.3 Å². The Balaban J connectivity index is 1.64. The van der Waals surface area contributed by atoms with Crippen LogP contribution >= 0.6 is 0 Å². The van der Waals surface area contributed by atoms with Gasteiger partial charge in [-0.2, -0.15) is 13.2 Å². The van der Waals surface area contributed by atoms with Crippen LogP contribution in [0.5, 0.6) is 0 Å². The Morgan fingerprint density at radius 1 is 0.944 bits per heavy atom. The van der Waals surface area contributed by atoms with Crippen molar-refractivity contribution < 1.29 is 27.6 Å². The Bertz CT molecular complexity index is 1420. The normalized spacial score (nSPS) is 16.8. The minimum atomic E-state index is -4.75. The third kappa shape index (κ3) is 4.02. The molecule has 10 heteroatoms. The number of nitrogens with one attached hydrogen (secondary N) is 2. The molecular weight excluding hydrogens is 473 g/mol. The van der Waals surface area contributed by atoms with E-state index in [1.54, 1.807) is 36.1 Å². The van der Waals surface area contributed by atoms with E-state index < -0.39 is 23.6 Å². The fraction of sp³-hybridized carbons (Fsp3) is 0.269.